The maximum absolute atomic E-state index is 10.8. The summed E-state index contributed by atoms with van der Waals surface area (Å²) in [7, 11) is 0. The third-order valence-corrected chi connectivity index (χ3v) is 2.93. The first-order valence-electron chi connectivity index (χ1n) is 6.24. The van der Waals surface area contributed by atoms with Crippen molar-refractivity contribution in [3.8, 4) is 0 Å². The van der Waals surface area contributed by atoms with Crippen molar-refractivity contribution >= 4 is 5.97 Å². The minimum Gasteiger partial charge on any atom is -0.475 e. The van der Waals surface area contributed by atoms with Crippen LogP contribution in [0.3, 0.4) is 0 Å². The zero-order valence-corrected chi connectivity index (χ0v) is 11.2. The summed E-state index contributed by atoms with van der Waals surface area (Å²) in [5, 5.41) is 8.82. The highest BCUT2D eigenvalue weighted by molar-refractivity contribution is 5.84. The van der Waals surface area contributed by atoms with E-state index in [0.29, 0.717) is 19.0 Å². The van der Waals surface area contributed by atoms with Gasteiger partial charge in [-0.15, -0.1) is 0 Å². The van der Waals surface area contributed by atoms with Crippen molar-refractivity contribution < 1.29 is 19.1 Å². The second-order valence-corrected chi connectivity index (χ2v) is 4.01. The number of aromatic carboxylic acids is 1. The van der Waals surface area contributed by atoms with Gasteiger partial charge in [0.1, 0.15) is 5.76 Å². The minimum absolute atomic E-state index is 0.0160. The van der Waals surface area contributed by atoms with E-state index in [4.69, 9.17) is 14.3 Å². The van der Waals surface area contributed by atoms with Crippen LogP contribution in [0.2, 0.25) is 0 Å². The molecule has 0 aliphatic rings. The number of carbonyl (C=O) groups is 1. The molecule has 1 unspecified atom stereocenters. The molecule has 5 heteroatoms. The van der Waals surface area contributed by atoms with Crippen molar-refractivity contribution in [1.29, 1.82) is 0 Å². The van der Waals surface area contributed by atoms with Crippen LogP contribution >= 0.6 is 0 Å². The monoisotopic (exact) mass is 255 g/mol. The molecule has 1 heterocycles. The average Bonchev–Trinajstić information content (AvgIpc) is 2.83. The highest BCUT2D eigenvalue weighted by Gasteiger charge is 2.19. The summed E-state index contributed by atoms with van der Waals surface area (Å²) < 4.78 is 10.6. The lowest BCUT2D eigenvalue weighted by Crippen LogP contribution is -2.30. The fourth-order valence-corrected chi connectivity index (χ4v) is 1.82. The normalized spacial score (nSPS) is 12.9. The van der Waals surface area contributed by atoms with Gasteiger partial charge in [0, 0.05) is 13.2 Å². The van der Waals surface area contributed by atoms with Crippen molar-refractivity contribution in [2.24, 2.45) is 0 Å². The molecule has 0 bridgehead atoms. The van der Waals surface area contributed by atoms with Crippen LogP contribution in [0, 0.1) is 0 Å². The summed E-state index contributed by atoms with van der Waals surface area (Å²) in [5.41, 5.74) is 0. The third-order valence-electron chi connectivity index (χ3n) is 2.93. The Morgan fingerprint density at radius 3 is 2.72 bits per heavy atom. The summed E-state index contributed by atoms with van der Waals surface area (Å²) in [6, 6.07) is 3.26. The first kappa shape index (κ1) is 14.7. The number of carboxylic acids is 1. The van der Waals surface area contributed by atoms with Gasteiger partial charge >= 0.3 is 5.97 Å². The van der Waals surface area contributed by atoms with Crippen LogP contribution in [0.15, 0.2) is 16.5 Å². The number of hydrogen-bond acceptors (Lipinski definition) is 4. The van der Waals surface area contributed by atoms with E-state index < -0.39 is 5.97 Å². The van der Waals surface area contributed by atoms with Gasteiger partial charge in [-0.3, -0.25) is 4.90 Å². The van der Waals surface area contributed by atoms with Crippen LogP contribution in [0.1, 0.15) is 43.1 Å². The van der Waals surface area contributed by atoms with Crippen LogP contribution in [-0.4, -0.2) is 42.3 Å². The van der Waals surface area contributed by atoms with Crippen LogP contribution in [0.25, 0.3) is 0 Å². The van der Waals surface area contributed by atoms with E-state index in [1.54, 1.807) is 6.07 Å². The topological polar surface area (TPSA) is 62.9 Å². The van der Waals surface area contributed by atoms with E-state index in [1.165, 1.54) is 6.07 Å². The Labute approximate surface area is 107 Å². The lowest BCUT2D eigenvalue weighted by atomic mass is 10.2. The first-order valence-corrected chi connectivity index (χ1v) is 6.24. The number of ether oxygens (including phenoxy) is 1. The molecule has 0 aromatic carbocycles. The Morgan fingerprint density at radius 1 is 1.50 bits per heavy atom. The smallest absolute Gasteiger partial charge is 0.371 e. The van der Waals surface area contributed by atoms with Crippen molar-refractivity contribution in [2.75, 3.05) is 26.3 Å². The van der Waals surface area contributed by atoms with Gasteiger partial charge in [-0.2, -0.15) is 0 Å². The van der Waals surface area contributed by atoms with E-state index in [9.17, 15) is 4.79 Å². The van der Waals surface area contributed by atoms with E-state index in [1.807, 2.05) is 13.8 Å². The summed E-state index contributed by atoms with van der Waals surface area (Å²) in [6.07, 6.45) is 0. The zero-order valence-electron chi connectivity index (χ0n) is 11.2. The molecule has 18 heavy (non-hydrogen) atoms. The minimum atomic E-state index is -1.04. The van der Waals surface area contributed by atoms with Crippen molar-refractivity contribution in [3.63, 3.8) is 0 Å². The van der Waals surface area contributed by atoms with Crippen molar-refractivity contribution in [3.05, 3.63) is 23.7 Å². The Hall–Kier alpha value is -1.33. The summed E-state index contributed by atoms with van der Waals surface area (Å²) in [4.78, 5) is 12.9. The molecule has 102 valence electrons. The quantitative estimate of drug-likeness (QED) is 0.723. The second kappa shape index (κ2) is 7.18. The van der Waals surface area contributed by atoms with E-state index in [2.05, 4.69) is 11.8 Å². The molecule has 0 spiro atoms. The number of likely N-dealkylation sites (N-methyl/N-ethyl adjacent to an activating group) is 1. The van der Waals surface area contributed by atoms with E-state index >= 15 is 0 Å². The molecule has 0 amide bonds. The Balaban J connectivity index is 2.63. The molecule has 1 N–H and O–H groups in total. The first-order chi connectivity index (χ1) is 8.60. The maximum Gasteiger partial charge on any atom is 0.371 e. The number of rotatable bonds is 8. The zero-order chi connectivity index (χ0) is 13.5. The van der Waals surface area contributed by atoms with Gasteiger partial charge in [0.25, 0.3) is 0 Å². The fourth-order valence-electron chi connectivity index (χ4n) is 1.82. The van der Waals surface area contributed by atoms with Crippen LogP contribution in [-0.2, 0) is 4.74 Å². The largest absolute Gasteiger partial charge is 0.475 e. The third kappa shape index (κ3) is 3.85. The molecular weight excluding hydrogens is 234 g/mol. The van der Waals surface area contributed by atoms with E-state index in [-0.39, 0.29) is 11.8 Å². The molecule has 1 aromatic rings. The van der Waals surface area contributed by atoms with Crippen LogP contribution in [0.5, 0.6) is 0 Å². The standard InChI is InChI=1S/C13H21NO4/c1-4-14(8-9-17-5-2)10(3)11-6-7-12(18-11)13(15)16/h6-7,10H,4-5,8-9H2,1-3H3,(H,15,16). The van der Waals surface area contributed by atoms with Crippen molar-refractivity contribution in [1.82, 2.24) is 4.90 Å². The van der Waals surface area contributed by atoms with Gasteiger partial charge < -0.3 is 14.3 Å². The van der Waals surface area contributed by atoms with Crippen LogP contribution in [0.4, 0.5) is 0 Å². The van der Waals surface area contributed by atoms with Gasteiger partial charge in [-0.05, 0) is 32.5 Å². The highest BCUT2D eigenvalue weighted by atomic mass is 16.5. The van der Waals surface area contributed by atoms with Gasteiger partial charge in [0.2, 0.25) is 5.76 Å². The summed E-state index contributed by atoms with van der Waals surface area (Å²) in [5.74, 6) is -0.380. The Kier molecular flexibility index (Phi) is 5.88. The molecule has 1 rings (SSSR count). The lowest BCUT2D eigenvalue weighted by molar-refractivity contribution is 0.0650. The lowest BCUT2D eigenvalue weighted by Gasteiger charge is -2.26. The molecular formula is C13H21NO4. The predicted octanol–water partition coefficient (Wildman–Crippen LogP) is 2.40. The number of furan rings is 1. The predicted molar refractivity (Wildman–Crippen MR) is 67.8 cm³/mol. The number of carboxylic acid groups (broad SMARTS) is 1. The molecule has 0 fully saturated rings. The molecule has 0 radical (unpaired) electrons. The summed E-state index contributed by atoms with van der Waals surface area (Å²) in [6.45, 7) is 9.05. The molecule has 1 aromatic heterocycles. The molecule has 5 nitrogen and oxygen atoms in total. The van der Waals surface area contributed by atoms with Gasteiger partial charge in [-0.1, -0.05) is 6.92 Å². The fraction of sp³-hybridized carbons (Fsp3) is 0.615. The Morgan fingerprint density at radius 2 is 2.22 bits per heavy atom. The average molecular weight is 255 g/mol. The SMILES string of the molecule is CCOCCN(CC)C(C)c1ccc(C(=O)O)o1. The second-order valence-electron chi connectivity index (χ2n) is 4.01. The highest BCUT2D eigenvalue weighted by Crippen LogP contribution is 2.22. The molecule has 0 aliphatic carbocycles. The van der Waals surface area contributed by atoms with Gasteiger partial charge in [0.15, 0.2) is 0 Å². The van der Waals surface area contributed by atoms with Gasteiger partial charge in [-0.25, -0.2) is 4.79 Å². The number of nitrogens with zero attached hydrogens (tertiary/aromatic N) is 1. The number of hydrogen-bond donors (Lipinski definition) is 1. The van der Waals surface area contributed by atoms with Crippen LogP contribution < -0.4 is 0 Å². The molecule has 1 atom stereocenters. The van der Waals surface area contributed by atoms with Crippen molar-refractivity contribution in [2.45, 2.75) is 26.8 Å². The summed E-state index contributed by atoms with van der Waals surface area (Å²) >= 11 is 0. The van der Waals surface area contributed by atoms with E-state index in [0.717, 1.165) is 13.1 Å². The Bertz CT molecular complexity index is 375. The maximum atomic E-state index is 10.8. The molecule has 0 saturated heterocycles. The van der Waals surface area contributed by atoms with Gasteiger partial charge in [0.05, 0.1) is 12.6 Å². The molecule has 0 aliphatic heterocycles. The molecule has 0 saturated carbocycles.